The topological polar surface area (TPSA) is 145 Å². The van der Waals surface area contributed by atoms with Crippen molar-refractivity contribution in [2.75, 3.05) is 18.5 Å². The number of fused-ring (bicyclic) bond motifs is 1. The van der Waals surface area contributed by atoms with Gasteiger partial charge in [0.05, 0.1) is 30.9 Å². The zero-order valence-electron chi connectivity index (χ0n) is 24.0. The Balaban J connectivity index is 1.36. The van der Waals surface area contributed by atoms with Crippen LogP contribution in [0.4, 0.5) is 25.1 Å². The standard InChI is InChI=1S/C31H27F2N7O5/c1-2-44-20-13-23(32)22(24(33)14-20)16-39-25-6-4-3-5-21(25)28(38-39)30-35-15-26(29(37-30)36-18-9-11-34-12-10-18)45-17-19-7-8-27(41)40(19)31(42)43/h3-6,9-15,19H,2,7-8,16-17H2,1H3,(H,42,43)(H,34,35,36,37)/t19-/m0/s1. The van der Waals surface area contributed by atoms with Crippen molar-refractivity contribution in [3.63, 3.8) is 0 Å². The number of hydrogen-bond donors (Lipinski definition) is 2. The molecule has 2 N–H and O–H groups in total. The third-order valence-electron chi connectivity index (χ3n) is 7.26. The normalized spacial score (nSPS) is 14.6. The van der Waals surface area contributed by atoms with Crippen LogP contribution in [0.2, 0.25) is 0 Å². The summed E-state index contributed by atoms with van der Waals surface area (Å²) in [6.45, 7) is 1.70. The first kappa shape index (κ1) is 29.4. The molecule has 5 aromatic rings. The third kappa shape index (κ3) is 6.07. The number of nitrogens with one attached hydrogen (secondary N) is 1. The molecular weight excluding hydrogens is 588 g/mol. The van der Waals surface area contributed by atoms with Crippen molar-refractivity contribution in [1.29, 1.82) is 0 Å². The molecule has 1 atom stereocenters. The lowest BCUT2D eigenvalue weighted by Crippen LogP contribution is -2.40. The molecule has 0 spiro atoms. The number of pyridine rings is 1. The first-order valence-electron chi connectivity index (χ1n) is 14.1. The van der Waals surface area contributed by atoms with Crippen LogP contribution >= 0.6 is 0 Å². The van der Waals surface area contributed by atoms with Crippen molar-refractivity contribution in [3.05, 3.63) is 84.3 Å². The summed E-state index contributed by atoms with van der Waals surface area (Å²) < 4.78 is 42.6. The molecule has 12 nitrogen and oxygen atoms in total. The molecule has 3 aromatic heterocycles. The lowest BCUT2D eigenvalue weighted by Gasteiger charge is -2.21. The van der Waals surface area contributed by atoms with Crippen LogP contribution < -0.4 is 14.8 Å². The van der Waals surface area contributed by atoms with Crippen LogP contribution in [0.3, 0.4) is 0 Å². The number of carbonyl (C=O) groups excluding carboxylic acids is 1. The van der Waals surface area contributed by atoms with Crippen LogP contribution in [0, 0.1) is 11.6 Å². The monoisotopic (exact) mass is 615 g/mol. The van der Waals surface area contributed by atoms with Gasteiger partial charge in [-0.3, -0.25) is 14.5 Å². The Morgan fingerprint density at radius 2 is 1.87 bits per heavy atom. The molecule has 4 heterocycles. The molecule has 6 rings (SSSR count). The highest BCUT2D eigenvalue weighted by Crippen LogP contribution is 2.32. The van der Waals surface area contributed by atoms with Crippen molar-refractivity contribution in [1.82, 2.24) is 29.6 Å². The minimum Gasteiger partial charge on any atom is -0.494 e. The molecule has 1 saturated heterocycles. The summed E-state index contributed by atoms with van der Waals surface area (Å²) >= 11 is 0. The van der Waals surface area contributed by atoms with E-state index in [1.807, 2.05) is 0 Å². The number of rotatable bonds is 10. The van der Waals surface area contributed by atoms with Crippen LogP contribution in [-0.2, 0) is 11.3 Å². The Labute approximate surface area is 255 Å². The van der Waals surface area contributed by atoms with Gasteiger partial charge < -0.3 is 19.9 Å². The van der Waals surface area contributed by atoms with Crippen molar-refractivity contribution in [2.45, 2.75) is 32.4 Å². The van der Waals surface area contributed by atoms with E-state index in [0.29, 0.717) is 28.7 Å². The van der Waals surface area contributed by atoms with E-state index in [1.54, 1.807) is 55.7 Å². The third-order valence-corrected chi connectivity index (χ3v) is 7.26. The number of imide groups is 1. The van der Waals surface area contributed by atoms with E-state index >= 15 is 0 Å². The number of hydrogen-bond acceptors (Lipinski definition) is 9. The van der Waals surface area contributed by atoms with E-state index < -0.39 is 29.7 Å². The molecule has 2 amide bonds. The van der Waals surface area contributed by atoms with Gasteiger partial charge in [-0.2, -0.15) is 5.10 Å². The number of likely N-dealkylation sites (tertiary alicyclic amines) is 1. The molecule has 0 bridgehead atoms. The summed E-state index contributed by atoms with van der Waals surface area (Å²) in [5.74, 6) is -1.24. The predicted molar refractivity (Wildman–Crippen MR) is 158 cm³/mol. The first-order chi connectivity index (χ1) is 21.8. The van der Waals surface area contributed by atoms with Crippen LogP contribution in [0.15, 0.2) is 67.1 Å². The van der Waals surface area contributed by atoms with E-state index in [9.17, 15) is 23.5 Å². The molecule has 14 heteroatoms. The first-order valence-corrected chi connectivity index (χ1v) is 14.1. The fourth-order valence-corrected chi connectivity index (χ4v) is 5.15. The maximum atomic E-state index is 15.0. The number of ether oxygens (including phenoxy) is 2. The Morgan fingerprint density at radius 3 is 2.60 bits per heavy atom. The molecule has 45 heavy (non-hydrogen) atoms. The average Bonchev–Trinajstić information content (AvgIpc) is 3.59. The van der Waals surface area contributed by atoms with Gasteiger partial charge in [0.2, 0.25) is 5.91 Å². The number of amides is 2. The smallest absolute Gasteiger partial charge is 0.414 e. The molecule has 2 aromatic carbocycles. The molecule has 1 fully saturated rings. The van der Waals surface area contributed by atoms with E-state index in [0.717, 1.165) is 17.0 Å². The summed E-state index contributed by atoms with van der Waals surface area (Å²) in [6, 6.07) is 12.2. The number of aromatic nitrogens is 5. The highest BCUT2D eigenvalue weighted by atomic mass is 19.1. The zero-order valence-corrected chi connectivity index (χ0v) is 24.0. The number of para-hydroxylation sites is 1. The molecule has 1 aliphatic heterocycles. The Kier molecular flexibility index (Phi) is 8.18. The number of anilines is 2. The fraction of sp³-hybridized carbons (Fsp3) is 0.226. The number of nitrogens with zero attached hydrogens (tertiary/aromatic N) is 6. The van der Waals surface area contributed by atoms with Crippen LogP contribution in [0.5, 0.6) is 11.5 Å². The van der Waals surface area contributed by atoms with Gasteiger partial charge in [0.1, 0.15) is 29.7 Å². The molecule has 0 aliphatic carbocycles. The van der Waals surface area contributed by atoms with Crippen molar-refractivity contribution < 1.29 is 33.0 Å². The summed E-state index contributed by atoms with van der Waals surface area (Å²) in [5.41, 5.74) is 1.43. The Morgan fingerprint density at radius 1 is 1.11 bits per heavy atom. The number of carboxylic acid groups (broad SMARTS) is 1. The van der Waals surface area contributed by atoms with E-state index in [-0.39, 0.29) is 54.9 Å². The SMILES string of the molecule is CCOc1cc(F)c(Cn2nc(-c3ncc(OC[C@@H]4CCC(=O)N4C(=O)O)c(Nc4ccncc4)n3)c3ccccc32)c(F)c1. The minimum absolute atomic E-state index is 0.0947. The summed E-state index contributed by atoms with van der Waals surface area (Å²) in [4.78, 5) is 37.6. The van der Waals surface area contributed by atoms with Gasteiger partial charge in [0.25, 0.3) is 0 Å². The van der Waals surface area contributed by atoms with Crippen LogP contribution in [0.1, 0.15) is 25.3 Å². The van der Waals surface area contributed by atoms with Gasteiger partial charge >= 0.3 is 6.09 Å². The quantitative estimate of drug-likeness (QED) is 0.209. The highest BCUT2D eigenvalue weighted by Gasteiger charge is 2.36. The molecule has 230 valence electrons. The van der Waals surface area contributed by atoms with Gasteiger partial charge in [-0.05, 0) is 31.5 Å². The van der Waals surface area contributed by atoms with Gasteiger partial charge in [-0.25, -0.2) is 28.4 Å². The average molecular weight is 616 g/mol. The summed E-state index contributed by atoms with van der Waals surface area (Å²) in [7, 11) is 0. The second-order valence-corrected chi connectivity index (χ2v) is 10.1. The Bertz CT molecular complexity index is 1860. The summed E-state index contributed by atoms with van der Waals surface area (Å²) in [6.07, 6.45) is 3.71. The molecular formula is C31H27F2N7O5. The molecule has 0 radical (unpaired) electrons. The van der Waals surface area contributed by atoms with Gasteiger partial charge in [-0.15, -0.1) is 0 Å². The maximum Gasteiger partial charge on any atom is 0.414 e. The van der Waals surface area contributed by atoms with Crippen LogP contribution in [-0.4, -0.2) is 66.0 Å². The number of benzene rings is 2. The largest absolute Gasteiger partial charge is 0.494 e. The highest BCUT2D eigenvalue weighted by molar-refractivity contribution is 5.93. The lowest BCUT2D eigenvalue weighted by atomic mass is 10.1. The maximum absolute atomic E-state index is 15.0. The fourth-order valence-electron chi connectivity index (χ4n) is 5.15. The molecule has 1 aliphatic rings. The number of carbonyl (C=O) groups is 2. The Hall–Kier alpha value is -5.66. The zero-order chi connectivity index (χ0) is 31.5. The predicted octanol–water partition coefficient (Wildman–Crippen LogP) is 5.40. The van der Waals surface area contributed by atoms with Gasteiger partial charge in [0, 0.05) is 47.6 Å². The van der Waals surface area contributed by atoms with Crippen LogP contribution in [0.25, 0.3) is 22.4 Å². The molecule has 0 saturated carbocycles. The van der Waals surface area contributed by atoms with Crippen molar-refractivity contribution in [3.8, 4) is 23.0 Å². The van der Waals surface area contributed by atoms with Crippen molar-refractivity contribution in [2.24, 2.45) is 0 Å². The van der Waals surface area contributed by atoms with Gasteiger partial charge in [0.15, 0.2) is 17.4 Å². The number of halogens is 2. The molecule has 0 unspecified atom stereocenters. The van der Waals surface area contributed by atoms with E-state index in [2.05, 4.69) is 25.4 Å². The van der Waals surface area contributed by atoms with Crippen molar-refractivity contribution >= 4 is 34.4 Å². The van der Waals surface area contributed by atoms with Gasteiger partial charge in [-0.1, -0.05) is 18.2 Å². The lowest BCUT2D eigenvalue weighted by molar-refractivity contribution is -0.127. The minimum atomic E-state index is -1.33. The van der Waals surface area contributed by atoms with E-state index in [4.69, 9.17) is 9.47 Å². The second kappa shape index (κ2) is 12.5. The second-order valence-electron chi connectivity index (χ2n) is 10.1. The van der Waals surface area contributed by atoms with E-state index in [1.165, 1.54) is 10.9 Å². The summed E-state index contributed by atoms with van der Waals surface area (Å²) in [5, 5.41) is 17.9.